The third-order valence-electron chi connectivity index (χ3n) is 5.72. The molecule has 1 atom stereocenters. The molecule has 186 valence electrons. The van der Waals surface area contributed by atoms with Gasteiger partial charge in [0, 0.05) is 25.6 Å². The number of ether oxygens (including phenoxy) is 3. The third-order valence-corrected chi connectivity index (χ3v) is 7.57. The summed E-state index contributed by atoms with van der Waals surface area (Å²) >= 11 is 0. The van der Waals surface area contributed by atoms with E-state index < -0.39 is 16.1 Å². The molecular weight excluding hydrogens is 460 g/mol. The summed E-state index contributed by atoms with van der Waals surface area (Å²) in [6.07, 6.45) is -0.0691. The second-order valence-electron chi connectivity index (χ2n) is 8.12. The van der Waals surface area contributed by atoms with E-state index in [-0.39, 0.29) is 30.7 Å². The number of piperidine rings is 1. The van der Waals surface area contributed by atoms with Crippen LogP contribution in [0.1, 0.15) is 18.4 Å². The highest BCUT2D eigenvalue weighted by Gasteiger charge is 2.31. The van der Waals surface area contributed by atoms with Crippen molar-refractivity contribution >= 4 is 15.9 Å². The van der Waals surface area contributed by atoms with Crippen LogP contribution >= 0.6 is 0 Å². The van der Waals surface area contributed by atoms with Crippen molar-refractivity contribution in [2.75, 3.05) is 40.5 Å². The molecule has 1 heterocycles. The van der Waals surface area contributed by atoms with Crippen LogP contribution in [0.15, 0.2) is 48.5 Å². The smallest absolute Gasteiger partial charge is 0.223 e. The van der Waals surface area contributed by atoms with Crippen molar-refractivity contribution in [3.63, 3.8) is 0 Å². The number of para-hydroxylation sites is 1. The summed E-state index contributed by atoms with van der Waals surface area (Å²) in [6.45, 7) is 0.551. The molecule has 34 heavy (non-hydrogen) atoms. The fraction of sp³-hybridized carbons (Fsp3) is 0.458. The second-order valence-corrected chi connectivity index (χ2v) is 10.1. The molecule has 1 saturated heterocycles. The summed E-state index contributed by atoms with van der Waals surface area (Å²) in [5.41, 5.74) is 0.740. The number of nitrogens with one attached hydrogen (secondary N) is 1. The molecule has 0 aliphatic carbocycles. The largest absolute Gasteiger partial charge is 0.493 e. The Hall–Kier alpha value is -2.82. The first-order valence-corrected chi connectivity index (χ1v) is 12.8. The normalized spacial score (nSPS) is 16.0. The van der Waals surface area contributed by atoms with Gasteiger partial charge in [-0.1, -0.05) is 36.4 Å². The van der Waals surface area contributed by atoms with Crippen molar-refractivity contribution in [2.45, 2.75) is 24.7 Å². The zero-order valence-electron chi connectivity index (χ0n) is 19.5. The van der Waals surface area contributed by atoms with E-state index >= 15 is 0 Å². The lowest BCUT2D eigenvalue weighted by Crippen LogP contribution is -2.45. The topological polar surface area (TPSA) is 114 Å². The number of sulfonamides is 1. The van der Waals surface area contributed by atoms with E-state index in [1.165, 1.54) is 18.5 Å². The van der Waals surface area contributed by atoms with Gasteiger partial charge in [0.25, 0.3) is 0 Å². The van der Waals surface area contributed by atoms with Gasteiger partial charge in [-0.25, -0.2) is 12.7 Å². The summed E-state index contributed by atoms with van der Waals surface area (Å²) in [4.78, 5) is 12.6. The van der Waals surface area contributed by atoms with E-state index in [1.54, 1.807) is 30.3 Å². The minimum Gasteiger partial charge on any atom is -0.493 e. The van der Waals surface area contributed by atoms with E-state index in [1.807, 2.05) is 18.2 Å². The number of aliphatic hydroxyl groups excluding tert-OH is 1. The van der Waals surface area contributed by atoms with E-state index in [0.717, 1.165) is 5.56 Å². The SMILES string of the molecule is COc1cccc(OC)c1OCC(O)CNC(=O)C1CCN(S(=O)(=O)Cc2ccccc2)CC1. The van der Waals surface area contributed by atoms with Gasteiger partial charge in [-0.15, -0.1) is 0 Å². The van der Waals surface area contributed by atoms with Gasteiger partial charge in [0.05, 0.1) is 20.0 Å². The number of hydrogen-bond donors (Lipinski definition) is 2. The van der Waals surface area contributed by atoms with Crippen LogP contribution in [0, 0.1) is 5.92 Å². The molecular formula is C24H32N2O7S. The van der Waals surface area contributed by atoms with Crippen LogP contribution in [-0.2, 0) is 20.6 Å². The van der Waals surface area contributed by atoms with Crippen LogP contribution < -0.4 is 19.5 Å². The summed E-state index contributed by atoms with van der Waals surface area (Å²) in [6, 6.07) is 14.3. The zero-order chi connectivity index (χ0) is 24.6. The van der Waals surface area contributed by atoms with Crippen LogP contribution in [0.2, 0.25) is 0 Å². The van der Waals surface area contributed by atoms with Gasteiger partial charge in [0.1, 0.15) is 12.7 Å². The standard InChI is InChI=1S/C24H32N2O7S/c1-31-21-9-6-10-22(32-2)23(21)33-16-20(27)15-25-24(28)19-11-13-26(14-12-19)34(29,30)17-18-7-4-3-5-8-18/h3-10,19-20,27H,11-17H2,1-2H3,(H,25,28). The maximum atomic E-state index is 12.7. The van der Waals surface area contributed by atoms with Crippen LogP contribution in [-0.4, -0.2) is 70.3 Å². The Balaban J connectivity index is 1.43. The molecule has 2 aromatic carbocycles. The number of aliphatic hydroxyl groups is 1. The van der Waals surface area contributed by atoms with Gasteiger partial charge < -0.3 is 24.6 Å². The van der Waals surface area contributed by atoms with Crippen LogP contribution in [0.3, 0.4) is 0 Å². The Bertz CT molecular complexity index is 1020. The fourth-order valence-electron chi connectivity index (χ4n) is 3.83. The number of carbonyl (C=O) groups is 1. The Kier molecular flexibility index (Phi) is 9.14. The number of nitrogens with zero attached hydrogens (tertiary/aromatic N) is 1. The molecule has 1 amide bonds. The molecule has 1 aliphatic rings. The number of hydrogen-bond acceptors (Lipinski definition) is 7. The highest BCUT2D eigenvalue weighted by molar-refractivity contribution is 7.88. The Labute approximate surface area is 200 Å². The molecule has 1 aliphatic heterocycles. The Morgan fingerprint density at radius 2 is 1.68 bits per heavy atom. The van der Waals surface area contributed by atoms with Crippen molar-refractivity contribution in [1.29, 1.82) is 0 Å². The van der Waals surface area contributed by atoms with Gasteiger partial charge in [0.15, 0.2) is 11.5 Å². The van der Waals surface area contributed by atoms with Gasteiger partial charge in [0.2, 0.25) is 21.7 Å². The summed E-state index contributed by atoms with van der Waals surface area (Å²) in [7, 11) is -0.411. The highest BCUT2D eigenvalue weighted by Crippen LogP contribution is 2.36. The summed E-state index contributed by atoms with van der Waals surface area (Å²) in [5, 5.41) is 13.0. The molecule has 9 nitrogen and oxygen atoms in total. The van der Waals surface area contributed by atoms with Crippen molar-refractivity contribution in [2.24, 2.45) is 5.92 Å². The predicted molar refractivity (Wildman–Crippen MR) is 127 cm³/mol. The molecule has 0 saturated carbocycles. The first kappa shape index (κ1) is 25.8. The first-order chi connectivity index (χ1) is 16.3. The molecule has 1 fully saturated rings. The minimum absolute atomic E-state index is 0.0167. The van der Waals surface area contributed by atoms with Crippen LogP contribution in [0.5, 0.6) is 17.2 Å². The van der Waals surface area contributed by atoms with Crippen LogP contribution in [0.4, 0.5) is 0 Å². The maximum absolute atomic E-state index is 12.7. The number of carbonyl (C=O) groups excluding carboxylic acids is 1. The first-order valence-electron chi connectivity index (χ1n) is 11.2. The van der Waals surface area contributed by atoms with Gasteiger partial charge in [-0.05, 0) is 30.5 Å². The average Bonchev–Trinajstić information content (AvgIpc) is 2.86. The van der Waals surface area contributed by atoms with Crippen molar-refractivity contribution in [3.8, 4) is 17.2 Å². The molecule has 0 spiro atoms. The van der Waals surface area contributed by atoms with E-state index in [2.05, 4.69) is 5.32 Å². The lowest BCUT2D eigenvalue weighted by Gasteiger charge is -2.30. The average molecular weight is 493 g/mol. The zero-order valence-corrected chi connectivity index (χ0v) is 20.3. The third kappa shape index (κ3) is 6.85. The molecule has 10 heteroatoms. The quantitative estimate of drug-likeness (QED) is 0.492. The molecule has 2 N–H and O–H groups in total. The predicted octanol–water partition coefficient (Wildman–Crippen LogP) is 1.80. The van der Waals surface area contributed by atoms with Gasteiger partial charge in [-0.3, -0.25) is 4.79 Å². The molecule has 2 aromatic rings. The summed E-state index contributed by atoms with van der Waals surface area (Å²) in [5.74, 6) is 0.782. The highest BCUT2D eigenvalue weighted by atomic mass is 32.2. The molecule has 1 unspecified atom stereocenters. The Morgan fingerprint density at radius 3 is 2.26 bits per heavy atom. The Morgan fingerprint density at radius 1 is 1.06 bits per heavy atom. The second kappa shape index (κ2) is 12.0. The fourth-order valence-corrected chi connectivity index (χ4v) is 5.40. The van der Waals surface area contributed by atoms with E-state index in [9.17, 15) is 18.3 Å². The van der Waals surface area contributed by atoms with Gasteiger partial charge >= 0.3 is 0 Å². The van der Waals surface area contributed by atoms with E-state index in [0.29, 0.717) is 43.2 Å². The molecule has 0 aromatic heterocycles. The lowest BCUT2D eigenvalue weighted by atomic mass is 9.97. The monoisotopic (exact) mass is 492 g/mol. The van der Waals surface area contributed by atoms with Crippen molar-refractivity contribution < 1.29 is 32.5 Å². The molecule has 3 rings (SSSR count). The number of benzene rings is 2. The van der Waals surface area contributed by atoms with Crippen molar-refractivity contribution in [1.82, 2.24) is 9.62 Å². The lowest BCUT2D eigenvalue weighted by molar-refractivity contribution is -0.126. The van der Waals surface area contributed by atoms with Crippen LogP contribution in [0.25, 0.3) is 0 Å². The molecule has 0 radical (unpaired) electrons. The number of rotatable bonds is 11. The minimum atomic E-state index is -3.43. The molecule has 0 bridgehead atoms. The van der Waals surface area contributed by atoms with E-state index in [4.69, 9.17) is 14.2 Å². The number of methoxy groups -OCH3 is 2. The van der Waals surface area contributed by atoms with Crippen molar-refractivity contribution in [3.05, 3.63) is 54.1 Å². The number of amides is 1. The summed E-state index contributed by atoms with van der Waals surface area (Å²) < 4.78 is 43.0. The van der Waals surface area contributed by atoms with Gasteiger partial charge in [-0.2, -0.15) is 0 Å². The maximum Gasteiger partial charge on any atom is 0.223 e.